The third-order valence-electron chi connectivity index (χ3n) is 6.50. The molecule has 1 aliphatic rings. The third kappa shape index (κ3) is 4.41. The summed E-state index contributed by atoms with van der Waals surface area (Å²) in [7, 11) is 0. The molecule has 1 amide bonds. The molecule has 2 atom stereocenters. The highest BCUT2D eigenvalue weighted by Gasteiger charge is 2.52. The summed E-state index contributed by atoms with van der Waals surface area (Å²) in [6, 6.07) is 11.0. The smallest absolute Gasteiger partial charge is 0.326 e. The molecule has 2 aromatic carbocycles. The Balaban J connectivity index is 1.55. The first kappa shape index (κ1) is 25.2. The molecule has 38 heavy (non-hydrogen) atoms. The molecule has 0 spiro atoms. The first-order valence-electron chi connectivity index (χ1n) is 11.5. The van der Waals surface area contributed by atoms with Crippen molar-refractivity contribution in [2.45, 2.75) is 32.0 Å². The maximum atomic E-state index is 15.2. The van der Waals surface area contributed by atoms with Gasteiger partial charge in [0.2, 0.25) is 0 Å². The quantitative estimate of drug-likeness (QED) is 0.358. The van der Waals surface area contributed by atoms with Gasteiger partial charge < -0.3 is 9.64 Å². The average molecular weight is 535 g/mol. The minimum Gasteiger partial charge on any atom is -0.449 e. The molecule has 0 unspecified atom stereocenters. The first-order chi connectivity index (χ1) is 18.2. The minimum atomic E-state index is -1.72. The number of ether oxygens (including phenoxy) is 1. The number of hydrogen-bond acceptors (Lipinski definition) is 8. The van der Waals surface area contributed by atoms with Crippen LogP contribution in [0.25, 0.3) is 10.6 Å². The second kappa shape index (κ2) is 9.75. The van der Waals surface area contributed by atoms with Crippen molar-refractivity contribution in [1.82, 2.24) is 24.6 Å². The van der Waals surface area contributed by atoms with E-state index < -0.39 is 35.2 Å². The predicted octanol–water partition coefficient (Wildman–Crippen LogP) is 3.84. The topological polar surface area (TPSA) is 114 Å². The largest absolute Gasteiger partial charge is 0.449 e. The van der Waals surface area contributed by atoms with E-state index in [1.165, 1.54) is 28.3 Å². The maximum absolute atomic E-state index is 15.2. The van der Waals surface area contributed by atoms with E-state index >= 15 is 4.39 Å². The number of thiazole rings is 1. The number of carbonyl (C=O) groups excluding carboxylic acids is 2. The Labute approximate surface area is 219 Å². The van der Waals surface area contributed by atoms with Gasteiger partial charge in [-0.05, 0) is 38.1 Å². The summed E-state index contributed by atoms with van der Waals surface area (Å²) in [5.41, 5.74) is -0.121. The second-order valence-electron chi connectivity index (χ2n) is 8.81. The van der Waals surface area contributed by atoms with Crippen LogP contribution in [0.4, 0.5) is 8.78 Å². The van der Waals surface area contributed by atoms with E-state index in [9.17, 15) is 14.0 Å². The van der Waals surface area contributed by atoms with Gasteiger partial charge >= 0.3 is 5.97 Å². The fraction of sp³-hybridized carbons (Fsp3) is 0.231. The number of nitrogens with zero attached hydrogens (tertiary/aromatic N) is 6. The Morgan fingerprint density at radius 1 is 1.26 bits per heavy atom. The summed E-state index contributed by atoms with van der Waals surface area (Å²) in [5.74, 6) is -2.94. The SMILES string of the molecule is Cc1nc(-c2ccc(C#N)cc2)sc1C(=O)N1CC(=O)O[C@@](Cn2cncn2)(c2ccc(F)cc2F)[C@H]1C. The molecule has 5 rings (SSSR count). The van der Waals surface area contributed by atoms with Crippen LogP contribution < -0.4 is 0 Å². The van der Waals surface area contributed by atoms with Crippen molar-refractivity contribution in [1.29, 1.82) is 5.26 Å². The van der Waals surface area contributed by atoms with Crippen LogP contribution >= 0.6 is 11.3 Å². The summed E-state index contributed by atoms with van der Waals surface area (Å²) in [6.45, 7) is 2.80. The van der Waals surface area contributed by atoms with Crippen LogP contribution in [0.3, 0.4) is 0 Å². The summed E-state index contributed by atoms with van der Waals surface area (Å²) < 4.78 is 36.1. The summed E-state index contributed by atoms with van der Waals surface area (Å²) in [6.07, 6.45) is 2.65. The lowest BCUT2D eigenvalue weighted by atomic mass is 9.83. The van der Waals surface area contributed by atoms with E-state index in [2.05, 4.69) is 21.1 Å². The third-order valence-corrected chi connectivity index (χ3v) is 7.70. The number of nitriles is 1. The Kier molecular flexibility index (Phi) is 6.46. The van der Waals surface area contributed by atoms with Gasteiger partial charge in [-0.3, -0.25) is 9.59 Å². The second-order valence-corrected chi connectivity index (χ2v) is 9.81. The van der Waals surface area contributed by atoms with Gasteiger partial charge in [0.1, 0.15) is 40.7 Å². The van der Waals surface area contributed by atoms with Crippen molar-refractivity contribution in [3.05, 3.63) is 88.5 Å². The standard InChI is InChI=1S/C26H20F2N6O3S/c1-15-23(38-24(32-15)18-5-3-17(10-29)4-6-18)25(36)34-11-22(35)37-26(16(34)2,12-33-14-30-13-31-33)20-8-7-19(27)9-21(20)28/h3-9,13-14,16H,11-12H2,1-2H3/t16-,26-/m1/s1. The number of amides is 1. The molecule has 9 nitrogen and oxygen atoms in total. The number of cyclic esters (lactones) is 1. The molecule has 2 aromatic heterocycles. The Hall–Kier alpha value is -4.50. The van der Waals surface area contributed by atoms with Crippen LogP contribution in [0.5, 0.6) is 0 Å². The van der Waals surface area contributed by atoms with E-state index in [1.807, 2.05) is 0 Å². The zero-order valence-corrected chi connectivity index (χ0v) is 21.1. The number of halogens is 2. The maximum Gasteiger partial charge on any atom is 0.326 e. The number of hydrogen-bond donors (Lipinski definition) is 0. The Morgan fingerprint density at radius 3 is 2.68 bits per heavy atom. The lowest BCUT2D eigenvalue weighted by Crippen LogP contribution is -2.61. The number of esters is 1. The molecule has 1 fully saturated rings. The van der Waals surface area contributed by atoms with Crippen LogP contribution in [0.15, 0.2) is 55.1 Å². The van der Waals surface area contributed by atoms with Crippen LogP contribution in [0.2, 0.25) is 0 Å². The highest BCUT2D eigenvalue weighted by Crippen LogP contribution is 2.40. The molecule has 4 aromatic rings. The fourth-order valence-corrected chi connectivity index (χ4v) is 5.58. The van der Waals surface area contributed by atoms with E-state index in [1.54, 1.807) is 38.1 Å². The highest BCUT2D eigenvalue weighted by molar-refractivity contribution is 7.17. The molecule has 0 N–H and O–H groups in total. The van der Waals surface area contributed by atoms with Gasteiger partial charge in [-0.15, -0.1) is 11.3 Å². The van der Waals surface area contributed by atoms with Gasteiger partial charge in [0.05, 0.1) is 29.9 Å². The fourth-order valence-electron chi connectivity index (χ4n) is 4.55. The van der Waals surface area contributed by atoms with Crippen molar-refractivity contribution >= 4 is 23.2 Å². The van der Waals surface area contributed by atoms with Gasteiger partial charge in [0.25, 0.3) is 5.91 Å². The van der Waals surface area contributed by atoms with Crippen LogP contribution in [-0.2, 0) is 21.7 Å². The van der Waals surface area contributed by atoms with Crippen molar-refractivity contribution in [2.24, 2.45) is 0 Å². The molecule has 0 aliphatic carbocycles. The van der Waals surface area contributed by atoms with Gasteiger partial charge in [0, 0.05) is 17.2 Å². The summed E-state index contributed by atoms with van der Waals surface area (Å²) in [5, 5.41) is 13.7. The summed E-state index contributed by atoms with van der Waals surface area (Å²) >= 11 is 1.15. The lowest BCUT2D eigenvalue weighted by Gasteiger charge is -2.47. The van der Waals surface area contributed by atoms with Gasteiger partial charge in [-0.2, -0.15) is 10.4 Å². The van der Waals surface area contributed by atoms with E-state index in [0.717, 1.165) is 23.0 Å². The molecule has 0 saturated carbocycles. The molecular weight excluding hydrogens is 514 g/mol. The van der Waals surface area contributed by atoms with E-state index in [0.29, 0.717) is 27.2 Å². The Morgan fingerprint density at radius 2 is 2.03 bits per heavy atom. The van der Waals surface area contributed by atoms with Gasteiger partial charge in [0.15, 0.2) is 5.60 Å². The molecule has 0 bridgehead atoms. The number of carbonyl (C=O) groups is 2. The number of aryl methyl sites for hydroxylation is 1. The molecule has 3 heterocycles. The van der Waals surface area contributed by atoms with Gasteiger partial charge in [-0.1, -0.05) is 12.1 Å². The molecule has 1 aliphatic heterocycles. The summed E-state index contributed by atoms with van der Waals surface area (Å²) in [4.78, 5) is 36.8. The first-order valence-corrected chi connectivity index (χ1v) is 12.3. The molecular formula is C26H20F2N6O3S. The van der Waals surface area contributed by atoms with Crippen LogP contribution in [0.1, 0.15) is 33.4 Å². The van der Waals surface area contributed by atoms with E-state index in [4.69, 9.17) is 10.00 Å². The zero-order chi connectivity index (χ0) is 27.0. The zero-order valence-electron chi connectivity index (χ0n) is 20.3. The lowest BCUT2D eigenvalue weighted by molar-refractivity contribution is -0.186. The van der Waals surface area contributed by atoms with Crippen LogP contribution in [0, 0.1) is 29.9 Å². The Bertz CT molecular complexity index is 1560. The van der Waals surface area contributed by atoms with Crippen molar-refractivity contribution in [2.75, 3.05) is 6.54 Å². The van der Waals surface area contributed by atoms with Crippen molar-refractivity contribution in [3.63, 3.8) is 0 Å². The molecule has 0 radical (unpaired) electrons. The van der Waals surface area contributed by atoms with Crippen LogP contribution in [-0.4, -0.2) is 49.1 Å². The van der Waals surface area contributed by atoms with Crippen molar-refractivity contribution in [3.8, 4) is 16.6 Å². The predicted molar refractivity (Wildman–Crippen MR) is 132 cm³/mol. The highest BCUT2D eigenvalue weighted by atomic mass is 32.1. The van der Waals surface area contributed by atoms with Gasteiger partial charge in [-0.25, -0.2) is 23.4 Å². The number of aromatic nitrogens is 4. The normalized spacial score (nSPS) is 19.2. The molecule has 12 heteroatoms. The number of morpholine rings is 1. The number of rotatable bonds is 5. The van der Waals surface area contributed by atoms with E-state index in [-0.39, 0.29) is 18.7 Å². The monoisotopic (exact) mass is 534 g/mol. The van der Waals surface area contributed by atoms with Crippen molar-refractivity contribution < 1.29 is 23.1 Å². The minimum absolute atomic E-state index is 0.0907. The molecule has 192 valence electrons. The number of benzene rings is 2. The molecule has 1 saturated heterocycles. The average Bonchev–Trinajstić information content (AvgIpc) is 3.55.